The molecule has 1 atom stereocenters. The van der Waals surface area contributed by atoms with Gasteiger partial charge < -0.3 is 4.57 Å². The molecule has 10 aromatic rings. The fraction of sp³-hybridized carbons (Fsp3) is 0. The van der Waals surface area contributed by atoms with E-state index in [2.05, 4.69) is 173 Å². The molecule has 0 bridgehead atoms. The number of benzene rings is 7. The van der Waals surface area contributed by atoms with Gasteiger partial charge in [-0.05, 0) is 71.8 Å². The summed E-state index contributed by atoms with van der Waals surface area (Å²) in [5.74, 6) is 2.99. The zero-order valence-electron chi connectivity index (χ0n) is 30.3. The minimum absolute atomic E-state index is 0.644. The summed E-state index contributed by atoms with van der Waals surface area (Å²) in [6, 6.07) is 65.9. The van der Waals surface area contributed by atoms with Crippen molar-refractivity contribution in [3.63, 3.8) is 0 Å². The molecule has 0 radical (unpaired) electrons. The van der Waals surface area contributed by atoms with E-state index < -0.39 is 0 Å². The number of rotatable bonds is 6. The van der Waals surface area contributed by atoms with Crippen molar-refractivity contribution in [1.29, 1.82) is 0 Å². The van der Waals surface area contributed by atoms with Crippen molar-refractivity contribution in [3.8, 4) is 62.1 Å². The van der Waals surface area contributed by atoms with Crippen LogP contribution in [0.2, 0.25) is 0 Å². The number of nitrogens with one attached hydrogen (secondary N) is 2. The Labute approximate surface area is 323 Å². The minimum atomic E-state index is 0.644. The average Bonchev–Trinajstić information content (AvgIpc) is 3.80. The van der Waals surface area contributed by atoms with Gasteiger partial charge in [0.05, 0.1) is 27.8 Å². The van der Waals surface area contributed by atoms with E-state index in [1.165, 1.54) is 49.9 Å². The van der Waals surface area contributed by atoms with Gasteiger partial charge in [0.1, 0.15) is 5.52 Å². The van der Waals surface area contributed by atoms with Crippen LogP contribution in [0.25, 0.3) is 83.9 Å². The van der Waals surface area contributed by atoms with Crippen molar-refractivity contribution in [2.45, 2.75) is 0 Å². The topological polar surface area (TPSA) is 62.2 Å². The molecule has 0 aliphatic carbocycles. The van der Waals surface area contributed by atoms with Crippen LogP contribution in [0.3, 0.4) is 0 Å². The van der Waals surface area contributed by atoms with Gasteiger partial charge in [0.2, 0.25) is 5.82 Å². The highest BCUT2D eigenvalue weighted by molar-refractivity contribution is 6.15. The van der Waals surface area contributed by atoms with Crippen LogP contribution in [0.1, 0.15) is 0 Å². The molecule has 7 aromatic carbocycles. The summed E-state index contributed by atoms with van der Waals surface area (Å²) < 4.78 is 2.42. The molecule has 1 aliphatic heterocycles. The number of pyridine rings is 1. The fourth-order valence-corrected chi connectivity index (χ4v) is 8.24. The predicted molar refractivity (Wildman–Crippen MR) is 224 cm³/mol. The maximum absolute atomic E-state index is 5.22. The van der Waals surface area contributed by atoms with Gasteiger partial charge in [0, 0.05) is 40.4 Å². The number of H-pyrrole nitrogens is 1. The number of para-hydroxylation sites is 3. The van der Waals surface area contributed by atoms with Gasteiger partial charge >= 0.3 is 5.82 Å². The Morgan fingerprint density at radius 2 is 1.05 bits per heavy atom. The SMILES string of the molecule is c1ccc(-c2ccc(-c3nc(-c4ccccc4)[nH+]c(-c4ccc([NH+]5c6ccccc6-c6ccc7c8ccccc8n(-c8ccccc8)c7c65)nc4)n3)cc2)cc1. The Morgan fingerprint density at radius 3 is 1.80 bits per heavy atom. The molecule has 1 aliphatic rings. The molecule has 0 saturated carbocycles. The van der Waals surface area contributed by atoms with Crippen molar-refractivity contribution in [3.05, 3.63) is 194 Å². The van der Waals surface area contributed by atoms with Crippen LogP contribution in [0.15, 0.2) is 194 Å². The van der Waals surface area contributed by atoms with Crippen molar-refractivity contribution < 1.29 is 9.88 Å². The summed E-state index contributed by atoms with van der Waals surface area (Å²) in [5.41, 5.74) is 13.4. The molecule has 4 heterocycles. The first-order valence-corrected chi connectivity index (χ1v) is 18.9. The summed E-state index contributed by atoms with van der Waals surface area (Å²) >= 11 is 0. The van der Waals surface area contributed by atoms with E-state index >= 15 is 0 Å². The van der Waals surface area contributed by atoms with Crippen molar-refractivity contribution in [1.82, 2.24) is 19.5 Å². The third-order valence-corrected chi connectivity index (χ3v) is 10.9. The first-order chi connectivity index (χ1) is 27.8. The Morgan fingerprint density at radius 1 is 0.446 bits per heavy atom. The van der Waals surface area contributed by atoms with Gasteiger partial charge in [-0.15, -0.1) is 0 Å². The highest BCUT2D eigenvalue weighted by Crippen LogP contribution is 2.46. The van der Waals surface area contributed by atoms with Crippen LogP contribution < -0.4 is 9.88 Å². The van der Waals surface area contributed by atoms with Crippen LogP contribution in [-0.4, -0.2) is 19.5 Å². The van der Waals surface area contributed by atoms with Gasteiger partial charge in [-0.2, -0.15) is 0 Å². The molecular formula is C50H34N6+2. The number of aromatic nitrogens is 5. The molecule has 0 saturated heterocycles. The molecule has 0 amide bonds. The number of quaternary nitrogens is 1. The van der Waals surface area contributed by atoms with Gasteiger partial charge in [-0.3, -0.25) is 0 Å². The van der Waals surface area contributed by atoms with Gasteiger partial charge in [-0.25, -0.2) is 14.9 Å². The molecule has 3 aromatic heterocycles. The molecule has 11 rings (SSSR count). The molecule has 6 nitrogen and oxygen atoms in total. The quantitative estimate of drug-likeness (QED) is 0.186. The Hall–Kier alpha value is -7.54. The second kappa shape index (κ2) is 13.1. The second-order valence-corrected chi connectivity index (χ2v) is 14.1. The molecule has 2 N–H and O–H groups in total. The minimum Gasteiger partial charge on any atom is -0.304 e. The van der Waals surface area contributed by atoms with E-state index in [-0.39, 0.29) is 0 Å². The van der Waals surface area contributed by atoms with Crippen molar-refractivity contribution in [2.24, 2.45) is 0 Å². The van der Waals surface area contributed by atoms with Crippen LogP contribution in [-0.2, 0) is 0 Å². The van der Waals surface area contributed by atoms with Gasteiger partial charge in [-0.1, -0.05) is 125 Å². The lowest BCUT2D eigenvalue weighted by Crippen LogP contribution is -2.96. The monoisotopic (exact) mass is 718 g/mol. The van der Waals surface area contributed by atoms with E-state index in [1.807, 2.05) is 30.5 Å². The van der Waals surface area contributed by atoms with Crippen molar-refractivity contribution in [2.75, 3.05) is 0 Å². The van der Waals surface area contributed by atoms with E-state index in [1.54, 1.807) is 0 Å². The van der Waals surface area contributed by atoms with E-state index in [0.29, 0.717) is 11.6 Å². The highest BCUT2D eigenvalue weighted by atomic mass is 15.2. The number of hydrogen-bond donors (Lipinski definition) is 1. The maximum atomic E-state index is 5.22. The van der Waals surface area contributed by atoms with Crippen LogP contribution in [0.5, 0.6) is 0 Å². The van der Waals surface area contributed by atoms with Gasteiger partial charge in [0.25, 0.3) is 11.6 Å². The first kappa shape index (κ1) is 31.9. The zero-order chi connectivity index (χ0) is 37.0. The molecular weight excluding hydrogens is 685 g/mol. The number of aromatic amines is 1. The number of fused-ring (bicyclic) bond motifs is 7. The summed E-state index contributed by atoms with van der Waals surface area (Å²) in [5, 5.41) is 2.45. The third-order valence-electron chi connectivity index (χ3n) is 10.9. The lowest BCUT2D eigenvalue weighted by Gasteiger charge is -2.16. The molecule has 56 heavy (non-hydrogen) atoms. The second-order valence-electron chi connectivity index (χ2n) is 14.1. The van der Waals surface area contributed by atoms with Crippen LogP contribution in [0, 0.1) is 0 Å². The van der Waals surface area contributed by atoms with Crippen LogP contribution in [0.4, 0.5) is 17.2 Å². The first-order valence-electron chi connectivity index (χ1n) is 18.9. The van der Waals surface area contributed by atoms with Crippen LogP contribution >= 0.6 is 0 Å². The predicted octanol–water partition coefficient (Wildman–Crippen LogP) is 10.6. The number of nitrogens with zero attached hydrogens (tertiary/aromatic N) is 4. The Balaban J connectivity index is 1.05. The number of hydrogen-bond acceptors (Lipinski definition) is 3. The normalized spacial score (nSPS) is 13.2. The lowest BCUT2D eigenvalue weighted by atomic mass is 10.0. The smallest absolute Gasteiger partial charge is 0.304 e. The maximum Gasteiger partial charge on any atom is 0.308 e. The summed E-state index contributed by atoms with van der Waals surface area (Å²) in [4.78, 5) is 20.0. The average molecular weight is 719 g/mol. The van der Waals surface area contributed by atoms with E-state index in [9.17, 15) is 0 Å². The third kappa shape index (κ3) is 5.23. The zero-order valence-corrected chi connectivity index (χ0v) is 30.3. The molecule has 262 valence electrons. The molecule has 1 unspecified atom stereocenters. The lowest BCUT2D eigenvalue weighted by molar-refractivity contribution is -0.679. The summed E-state index contributed by atoms with van der Waals surface area (Å²) in [6.45, 7) is 0. The summed E-state index contributed by atoms with van der Waals surface area (Å²) in [7, 11) is 0. The Kier molecular flexibility index (Phi) is 7.47. The fourth-order valence-electron chi connectivity index (χ4n) is 8.24. The molecule has 0 fully saturated rings. The largest absolute Gasteiger partial charge is 0.308 e. The van der Waals surface area contributed by atoms with Crippen molar-refractivity contribution >= 4 is 39.0 Å². The highest BCUT2D eigenvalue weighted by Gasteiger charge is 2.38. The standard InChI is InChI=1S/C50H32N6/c1-4-14-33(15-5-1)34-24-26-36(27-25-34)49-52-48(35-16-6-2-7-17-35)53-50(54-49)37-28-31-45(51-32-37)56-44-23-13-11-21-40(44)42-30-29-41-39-20-10-12-22-43(39)55(46(41)47(42)56)38-18-8-3-9-19-38/h1-32H/p+2. The molecule has 6 heteroatoms. The Bertz CT molecular complexity index is 3050. The van der Waals surface area contributed by atoms with E-state index in [4.69, 9.17) is 15.0 Å². The molecule has 0 spiro atoms. The van der Waals surface area contributed by atoms with E-state index in [0.717, 1.165) is 44.5 Å². The summed E-state index contributed by atoms with van der Waals surface area (Å²) in [6.07, 6.45) is 1.94. The van der Waals surface area contributed by atoms with Gasteiger partial charge in [0.15, 0.2) is 11.4 Å².